The zero-order chi connectivity index (χ0) is 20.0. The van der Waals surface area contributed by atoms with E-state index in [1.807, 2.05) is 0 Å². The van der Waals surface area contributed by atoms with Crippen LogP contribution in [-0.2, 0) is 19.6 Å². The first kappa shape index (κ1) is 21.1. The summed E-state index contributed by atoms with van der Waals surface area (Å²) >= 11 is 0. The smallest absolute Gasteiger partial charge is 0.246 e. The van der Waals surface area contributed by atoms with Gasteiger partial charge in [-0.1, -0.05) is 26.0 Å². The number of nitrogens with zero attached hydrogens (tertiary/aromatic N) is 2. The van der Waals surface area contributed by atoms with Crippen LogP contribution in [-0.4, -0.2) is 55.6 Å². The van der Waals surface area contributed by atoms with Crippen molar-refractivity contribution in [3.05, 3.63) is 35.9 Å². The predicted molar refractivity (Wildman–Crippen MR) is 104 cm³/mol. The maximum absolute atomic E-state index is 12.5. The van der Waals surface area contributed by atoms with Gasteiger partial charge in [0.15, 0.2) is 0 Å². The van der Waals surface area contributed by atoms with Crippen LogP contribution in [0.5, 0.6) is 0 Å². The molecule has 1 saturated heterocycles. The van der Waals surface area contributed by atoms with Gasteiger partial charge in [0, 0.05) is 38.2 Å². The maximum Gasteiger partial charge on any atom is 0.246 e. The lowest BCUT2D eigenvalue weighted by molar-refractivity contribution is -0.130. The standard InChI is InChI=1S/C19H27N3O4S/c1-3-22(4-2)27(25,26)17-8-5-15(6-9-17)7-10-18(23)21-13-11-16(12-14-21)19(20)24/h5-10,16H,3-4,11-14H2,1-2H3,(H2,20,24)/b10-7+. The Hall–Kier alpha value is -2.19. The summed E-state index contributed by atoms with van der Waals surface area (Å²) in [5, 5.41) is 0. The van der Waals surface area contributed by atoms with Crippen LogP contribution >= 0.6 is 0 Å². The summed E-state index contributed by atoms with van der Waals surface area (Å²) in [6, 6.07) is 6.46. The lowest BCUT2D eigenvalue weighted by atomic mass is 9.96. The van der Waals surface area contributed by atoms with E-state index in [1.165, 1.54) is 10.4 Å². The molecule has 8 heteroatoms. The number of hydrogen-bond donors (Lipinski definition) is 1. The average Bonchev–Trinajstić information content (AvgIpc) is 2.67. The van der Waals surface area contributed by atoms with E-state index >= 15 is 0 Å². The fraction of sp³-hybridized carbons (Fsp3) is 0.474. The Labute approximate surface area is 160 Å². The number of rotatable bonds is 7. The van der Waals surface area contributed by atoms with E-state index in [-0.39, 0.29) is 22.6 Å². The number of hydrogen-bond acceptors (Lipinski definition) is 4. The summed E-state index contributed by atoms with van der Waals surface area (Å²) in [6.45, 7) is 5.46. The number of carbonyl (C=O) groups excluding carboxylic acids is 2. The van der Waals surface area contributed by atoms with Gasteiger partial charge in [0.1, 0.15) is 0 Å². The molecule has 27 heavy (non-hydrogen) atoms. The third kappa shape index (κ3) is 5.17. The van der Waals surface area contributed by atoms with Gasteiger partial charge in [-0.15, -0.1) is 0 Å². The van der Waals surface area contributed by atoms with Crippen LogP contribution in [0.3, 0.4) is 0 Å². The molecule has 0 spiro atoms. The van der Waals surface area contributed by atoms with E-state index in [0.717, 1.165) is 5.56 Å². The zero-order valence-electron chi connectivity index (χ0n) is 15.8. The Morgan fingerprint density at radius 2 is 1.70 bits per heavy atom. The van der Waals surface area contributed by atoms with Crippen molar-refractivity contribution in [2.45, 2.75) is 31.6 Å². The van der Waals surface area contributed by atoms with Gasteiger partial charge in [-0.25, -0.2) is 8.42 Å². The molecule has 0 unspecified atom stereocenters. The molecule has 148 valence electrons. The molecule has 1 heterocycles. The Morgan fingerprint density at radius 1 is 1.15 bits per heavy atom. The zero-order valence-corrected chi connectivity index (χ0v) is 16.6. The number of benzene rings is 1. The Morgan fingerprint density at radius 3 is 2.19 bits per heavy atom. The van der Waals surface area contributed by atoms with E-state index in [0.29, 0.717) is 39.0 Å². The number of likely N-dealkylation sites (tertiary alicyclic amines) is 1. The lowest BCUT2D eigenvalue weighted by Gasteiger charge is -2.29. The summed E-state index contributed by atoms with van der Waals surface area (Å²) in [4.78, 5) is 25.4. The van der Waals surface area contributed by atoms with Crippen molar-refractivity contribution in [2.24, 2.45) is 11.7 Å². The molecule has 2 rings (SSSR count). The quantitative estimate of drug-likeness (QED) is 0.709. The molecule has 1 aromatic rings. The van der Waals surface area contributed by atoms with Gasteiger partial charge < -0.3 is 10.6 Å². The van der Waals surface area contributed by atoms with Crippen molar-refractivity contribution in [3.8, 4) is 0 Å². The first-order chi connectivity index (χ1) is 12.8. The van der Waals surface area contributed by atoms with Gasteiger partial charge in [-0.05, 0) is 36.6 Å². The van der Waals surface area contributed by atoms with Crippen LogP contribution in [0.2, 0.25) is 0 Å². The average molecular weight is 394 g/mol. The minimum absolute atomic E-state index is 0.127. The van der Waals surface area contributed by atoms with Gasteiger partial charge in [-0.2, -0.15) is 4.31 Å². The summed E-state index contributed by atoms with van der Waals surface area (Å²) in [5.74, 6) is -0.589. The molecule has 2 amide bonds. The van der Waals surface area contributed by atoms with Crippen molar-refractivity contribution >= 4 is 27.9 Å². The monoisotopic (exact) mass is 393 g/mol. The normalized spacial score (nSPS) is 16.2. The number of nitrogens with two attached hydrogens (primary N) is 1. The van der Waals surface area contributed by atoms with Gasteiger partial charge in [0.25, 0.3) is 0 Å². The number of sulfonamides is 1. The molecular formula is C19H27N3O4S. The third-order valence-electron chi connectivity index (χ3n) is 4.85. The van der Waals surface area contributed by atoms with Crippen molar-refractivity contribution in [2.75, 3.05) is 26.2 Å². The number of amides is 2. The van der Waals surface area contributed by atoms with Crippen molar-refractivity contribution in [1.29, 1.82) is 0 Å². The SMILES string of the molecule is CCN(CC)S(=O)(=O)c1ccc(/C=C/C(=O)N2CCC(C(N)=O)CC2)cc1. The van der Waals surface area contributed by atoms with Gasteiger partial charge >= 0.3 is 0 Å². The highest BCUT2D eigenvalue weighted by molar-refractivity contribution is 7.89. The van der Waals surface area contributed by atoms with E-state index in [4.69, 9.17) is 5.73 Å². The second-order valence-corrected chi connectivity index (χ2v) is 8.43. The minimum atomic E-state index is -3.48. The van der Waals surface area contributed by atoms with E-state index in [2.05, 4.69) is 0 Å². The second-order valence-electron chi connectivity index (χ2n) is 6.49. The van der Waals surface area contributed by atoms with E-state index < -0.39 is 10.0 Å². The fourth-order valence-electron chi connectivity index (χ4n) is 3.12. The molecule has 1 fully saturated rings. The Bertz CT molecular complexity index is 791. The summed E-state index contributed by atoms with van der Waals surface area (Å²) < 4.78 is 26.3. The molecule has 2 N–H and O–H groups in total. The highest BCUT2D eigenvalue weighted by Gasteiger charge is 2.25. The summed E-state index contributed by atoms with van der Waals surface area (Å²) in [5.41, 5.74) is 6.04. The predicted octanol–water partition coefficient (Wildman–Crippen LogP) is 1.45. The highest BCUT2D eigenvalue weighted by Crippen LogP contribution is 2.18. The van der Waals surface area contributed by atoms with Crippen molar-refractivity contribution in [1.82, 2.24) is 9.21 Å². The maximum atomic E-state index is 12.5. The fourth-order valence-corrected chi connectivity index (χ4v) is 4.58. The number of primary amides is 1. The number of carbonyl (C=O) groups is 2. The van der Waals surface area contributed by atoms with Crippen LogP contribution in [0.15, 0.2) is 35.2 Å². The van der Waals surface area contributed by atoms with E-state index in [1.54, 1.807) is 49.1 Å². The van der Waals surface area contributed by atoms with Crippen molar-refractivity contribution < 1.29 is 18.0 Å². The number of piperidine rings is 1. The first-order valence-corrected chi connectivity index (χ1v) is 10.6. The molecule has 0 aromatic heterocycles. The van der Waals surface area contributed by atoms with Gasteiger partial charge in [0.05, 0.1) is 4.90 Å². The minimum Gasteiger partial charge on any atom is -0.369 e. The summed E-state index contributed by atoms with van der Waals surface area (Å²) in [7, 11) is -3.48. The van der Waals surface area contributed by atoms with Crippen LogP contribution in [0, 0.1) is 5.92 Å². The molecule has 1 aliphatic heterocycles. The van der Waals surface area contributed by atoms with Gasteiger partial charge in [0.2, 0.25) is 21.8 Å². The molecule has 7 nitrogen and oxygen atoms in total. The van der Waals surface area contributed by atoms with Crippen LogP contribution in [0.25, 0.3) is 6.08 Å². The first-order valence-electron chi connectivity index (χ1n) is 9.16. The topological polar surface area (TPSA) is 101 Å². The molecule has 1 aromatic carbocycles. The highest BCUT2D eigenvalue weighted by atomic mass is 32.2. The van der Waals surface area contributed by atoms with E-state index in [9.17, 15) is 18.0 Å². The van der Waals surface area contributed by atoms with Crippen LogP contribution in [0.1, 0.15) is 32.3 Å². The Kier molecular flexibility index (Phi) is 7.15. The molecule has 0 aliphatic carbocycles. The Balaban J connectivity index is 2.00. The summed E-state index contributed by atoms with van der Waals surface area (Å²) in [6.07, 6.45) is 4.31. The molecule has 1 aliphatic rings. The van der Waals surface area contributed by atoms with Gasteiger partial charge in [-0.3, -0.25) is 9.59 Å². The molecular weight excluding hydrogens is 366 g/mol. The molecule has 0 bridgehead atoms. The molecule has 0 atom stereocenters. The largest absolute Gasteiger partial charge is 0.369 e. The molecule has 0 saturated carbocycles. The second kappa shape index (κ2) is 9.14. The van der Waals surface area contributed by atoms with Crippen LogP contribution < -0.4 is 5.73 Å². The molecule has 0 radical (unpaired) electrons. The third-order valence-corrected chi connectivity index (χ3v) is 6.91. The van der Waals surface area contributed by atoms with Crippen LogP contribution in [0.4, 0.5) is 0 Å². The van der Waals surface area contributed by atoms with Crippen molar-refractivity contribution in [3.63, 3.8) is 0 Å². The lowest BCUT2D eigenvalue weighted by Crippen LogP contribution is -2.41.